The maximum absolute atomic E-state index is 11.0. The predicted molar refractivity (Wildman–Crippen MR) is 57.7 cm³/mol. The van der Waals surface area contributed by atoms with Crippen LogP contribution in [0.1, 0.15) is 5.56 Å². The zero-order valence-corrected chi connectivity index (χ0v) is 9.24. The van der Waals surface area contributed by atoms with Crippen LogP contribution in [0, 0.1) is 0 Å². The van der Waals surface area contributed by atoms with Crippen LogP contribution >= 0.6 is 0 Å². The zero-order valence-electron chi connectivity index (χ0n) is 8.42. The van der Waals surface area contributed by atoms with Gasteiger partial charge in [-0.15, -0.1) is 0 Å². The van der Waals surface area contributed by atoms with Gasteiger partial charge in [-0.25, -0.2) is 4.79 Å². The lowest BCUT2D eigenvalue weighted by Crippen LogP contribution is -2.31. The van der Waals surface area contributed by atoms with Crippen LogP contribution in [0.25, 0.3) is 0 Å². The Morgan fingerprint density at radius 3 is 2.50 bits per heavy atom. The van der Waals surface area contributed by atoms with Crippen LogP contribution < -0.4 is 10.5 Å². The first-order valence-electron chi connectivity index (χ1n) is 4.52. The Balaban J connectivity index is 2.39. The summed E-state index contributed by atoms with van der Waals surface area (Å²) in [5.74, 6) is 0. The second kappa shape index (κ2) is 5.47. The molecule has 88 valence electrons. The smallest absolute Gasteiger partial charge is 0.334 e. The van der Waals surface area contributed by atoms with E-state index in [0.29, 0.717) is 6.42 Å². The minimum absolute atomic E-state index is 0.139. The van der Waals surface area contributed by atoms with E-state index in [1.807, 2.05) is 30.3 Å². The van der Waals surface area contributed by atoms with E-state index in [1.165, 1.54) is 0 Å². The highest BCUT2D eigenvalue weighted by atomic mass is 32.2. The SMILES string of the molecule is NC(=O)OS(=O)(=O)NCCc1ccccc1. The lowest BCUT2D eigenvalue weighted by Gasteiger charge is -2.04. The number of nitrogens with two attached hydrogens (primary N) is 1. The largest absolute Gasteiger partial charge is 0.421 e. The highest BCUT2D eigenvalue weighted by Crippen LogP contribution is 1.98. The molecule has 0 fully saturated rings. The van der Waals surface area contributed by atoms with Crippen molar-refractivity contribution in [3.05, 3.63) is 35.9 Å². The summed E-state index contributed by atoms with van der Waals surface area (Å²) in [6, 6.07) is 9.30. The number of hydrogen-bond acceptors (Lipinski definition) is 4. The Morgan fingerprint density at radius 2 is 1.94 bits per heavy atom. The molecule has 0 atom stereocenters. The molecule has 1 rings (SSSR count). The van der Waals surface area contributed by atoms with Gasteiger partial charge >= 0.3 is 16.4 Å². The number of rotatable bonds is 5. The predicted octanol–water partition coefficient (Wildman–Crippen LogP) is 0.159. The van der Waals surface area contributed by atoms with E-state index in [1.54, 1.807) is 0 Å². The molecule has 0 radical (unpaired) electrons. The first kappa shape index (κ1) is 12.5. The first-order chi connectivity index (χ1) is 7.49. The van der Waals surface area contributed by atoms with E-state index < -0.39 is 16.4 Å². The second-order valence-electron chi connectivity index (χ2n) is 2.99. The molecule has 0 bridgehead atoms. The van der Waals surface area contributed by atoms with E-state index in [0.717, 1.165) is 5.56 Å². The molecule has 0 aliphatic carbocycles. The van der Waals surface area contributed by atoms with Crippen LogP contribution in [0.5, 0.6) is 0 Å². The Labute approximate surface area is 93.7 Å². The topological polar surface area (TPSA) is 98.5 Å². The fourth-order valence-electron chi connectivity index (χ4n) is 1.10. The molecule has 0 heterocycles. The Hall–Kier alpha value is -1.60. The molecule has 0 spiro atoms. The van der Waals surface area contributed by atoms with Gasteiger partial charge in [-0.3, -0.25) is 0 Å². The molecule has 0 saturated carbocycles. The molecule has 0 aromatic heterocycles. The maximum atomic E-state index is 11.0. The average Bonchev–Trinajstić information content (AvgIpc) is 2.16. The minimum Gasteiger partial charge on any atom is -0.334 e. The van der Waals surface area contributed by atoms with Crippen LogP contribution in [0.15, 0.2) is 30.3 Å². The Bertz CT molecular complexity index is 444. The Kier molecular flexibility index (Phi) is 4.27. The molecule has 16 heavy (non-hydrogen) atoms. The molecule has 6 nitrogen and oxygen atoms in total. The molecule has 0 aliphatic heterocycles. The number of nitrogens with one attached hydrogen (secondary N) is 1. The molecule has 0 aliphatic rings. The molecule has 1 amide bonds. The highest BCUT2D eigenvalue weighted by Gasteiger charge is 2.13. The molecule has 0 unspecified atom stereocenters. The van der Waals surface area contributed by atoms with Crippen LogP contribution in [-0.2, 0) is 20.9 Å². The molecular formula is C9H12N2O4S. The first-order valence-corrected chi connectivity index (χ1v) is 5.93. The third-order valence-electron chi connectivity index (χ3n) is 1.73. The standard InChI is InChI=1S/C9H12N2O4S/c10-9(12)15-16(13,14)11-7-6-8-4-2-1-3-5-8/h1-5,11H,6-7H2,(H2,10,12). The van der Waals surface area contributed by atoms with Crippen molar-refractivity contribution in [2.24, 2.45) is 5.73 Å². The fourth-order valence-corrected chi connectivity index (χ4v) is 1.73. The number of carbonyl (C=O) groups is 1. The van der Waals surface area contributed by atoms with Crippen LogP contribution in [0.3, 0.4) is 0 Å². The van der Waals surface area contributed by atoms with Gasteiger partial charge in [0.15, 0.2) is 0 Å². The van der Waals surface area contributed by atoms with Gasteiger partial charge in [0.25, 0.3) is 0 Å². The molecule has 3 N–H and O–H groups in total. The molecule has 1 aromatic rings. The van der Waals surface area contributed by atoms with Gasteiger partial charge in [-0.1, -0.05) is 30.3 Å². The van der Waals surface area contributed by atoms with Crippen molar-refractivity contribution in [3.63, 3.8) is 0 Å². The van der Waals surface area contributed by atoms with E-state index in [-0.39, 0.29) is 6.54 Å². The van der Waals surface area contributed by atoms with E-state index in [2.05, 4.69) is 14.6 Å². The summed E-state index contributed by atoms with van der Waals surface area (Å²) < 4.78 is 28.0. The van der Waals surface area contributed by atoms with Crippen molar-refractivity contribution in [1.82, 2.24) is 4.72 Å². The summed E-state index contributed by atoms with van der Waals surface area (Å²) in [6.45, 7) is 0.139. The van der Waals surface area contributed by atoms with Gasteiger partial charge in [-0.05, 0) is 12.0 Å². The number of carbonyl (C=O) groups excluding carboxylic acids is 1. The third-order valence-corrected chi connectivity index (χ3v) is 2.67. The van der Waals surface area contributed by atoms with Gasteiger partial charge in [0.2, 0.25) is 0 Å². The summed E-state index contributed by atoms with van der Waals surface area (Å²) in [5, 5.41) is 0. The van der Waals surface area contributed by atoms with E-state index in [9.17, 15) is 13.2 Å². The van der Waals surface area contributed by atoms with Gasteiger partial charge < -0.3 is 9.92 Å². The van der Waals surface area contributed by atoms with Crippen molar-refractivity contribution >= 4 is 16.4 Å². The summed E-state index contributed by atoms with van der Waals surface area (Å²) in [6.07, 6.45) is -0.852. The van der Waals surface area contributed by atoms with Crippen molar-refractivity contribution in [1.29, 1.82) is 0 Å². The normalized spacial score (nSPS) is 11.0. The van der Waals surface area contributed by atoms with Gasteiger partial charge in [0, 0.05) is 6.54 Å². The molecular weight excluding hydrogens is 232 g/mol. The van der Waals surface area contributed by atoms with E-state index in [4.69, 9.17) is 0 Å². The van der Waals surface area contributed by atoms with Crippen LogP contribution in [0.4, 0.5) is 4.79 Å². The van der Waals surface area contributed by atoms with Gasteiger partial charge in [0.1, 0.15) is 0 Å². The van der Waals surface area contributed by atoms with Crippen molar-refractivity contribution in [2.75, 3.05) is 6.54 Å². The number of benzene rings is 1. The number of hydrogen-bond donors (Lipinski definition) is 2. The van der Waals surface area contributed by atoms with Gasteiger partial charge in [-0.2, -0.15) is 13.1 Å². The fraction of sp³-hybridized carbons (Fsp3) is 0.222. The van der Waals surface area contributed by atoms with Crippen molar-refractivity contribution in [2.45, 2.75) is 6.42 Å². The van der Waals surface area contributed by atoms with E-state index >= 15 is 0 Å². The lowest BCUT2D eigenvalue weighted by atomic mass is 10.2. The number of amides is 1. The summed E-state index contributed by atoms with van der Waals surface area (Å²) in [5.41, 5.74) is 5.56. The quantitative estimate of drug-likeness (QED) is 0.770. The van der Waals surface area contributed by atoms with Crippen LogP contribution in [-0.4, -0.2) is 21.1 Å². The highest BCUT2D eigenvalue weighted by molar-refractivity contribution is 7.85. The summed E-state index contributed by atoms with van der Waals surface area (Å²) in [7, 11) is -4.08. The van der Waals surface area contributed by atoms with Crippen molar-refractivity contribution < 1.29 is 17.4 Å². The maximum Gasteiger partial charge on any atom is 0.421 e. The number of primary amides is 1. The monoisotopic (exact) mass is 244 g/mol. The average molecular weight is 244 g/mol. The second-order valence-corrected chi connectivity index (χ2v) is 4.35. The molecule has 7 heteroatoms. The Morgan fingerprint density at radius 1 is 1.31 bits per heavy atom. The van der Waals surface area contributed by atoms with Gasteiger partial charge in [0.05, 0.1) is 0 Å². The minimum atomic E-state index is -4.08. The molecule has 1 aromatic carbocycles. The lowest BCUT2D eigenvalue weighted by molar-refractivity contribution is 0.212. The summed E-state index contributed by atoms with van der Waals surface area (Å²) in [4.78, 5) is 10.2. The molecule has 0 saturated heterocycles. The zero-order chi connectivity index (χ0) is 12.0. The van der Waals surface area contributed by atoms with Crippen molar-refractivity contribution in [3.8, 4) is 0 Å². The summed E-state index contributed by atoms with van der Waals surface area (Å²) >= 11 is 0. The van der Waals surface area contributed by atoms with Crippen LogP contribution in [0.2, 0.25) is 0 Å². The third kappa shape index (κ3) is 4.76.